The zero-order chi connectivity index (χ0) is 11.8. The van der Waals surface area contributed by atoms with Gasteiger partial charge in [-0.25, -0.2) is 4.39 Å². The molecule has 0 aromatic carbocycles. The van der Waals surface area contributed by atoms with Crippen LogP contribution in [0.1, 0.15) is 44.8 Å². The summed E-state index contributed by atoms with van der Waals surface area (Å²) >= 11 is 0. The molecule has 16 heavy (non-hydrogen) atoms. The highest BCUT2D eigenvalue weighted by atomic mass is 19.1. The summed E-state index contributed by atoms with van der Waals surface area (Å²) < 4.78 is 15.9. The lowest BCUT2D eigenvalue weighted by Crippen LogP contribution is -2.49. The molecule has 1 atom stereocenters. The average molecular weight is 225 g/mol. The van der Waals surface area contributed by atoms with Crippen molar-refractivity contribution < 1.29 is 4.39 Å². The van der Waals surface area contributed by atoms with E-state index >= 15 is 0 Å². The minimum absolute atomic E-state index is 0.0432. The lowest BCUT2D eigenvalue weighted by Gasteiger charge is -2.38. The number of hydrogen-bond donors (Lipinski definition) is 1. The number of halogens is 1. The van der Waals surface area contributed by atoms with Crippen molar-refractivity contribution in [3.8, 4) is 0 Å². The molecule has 2 N–H and O–H groups in total. The molecule has 1 unspecified atom stereocenters. The van der Waals surface area contributed by atoms with Crippen molar-refractivity contribution in [2.75, 3.05) is 0 Å². The summed E-state index contributed by atoms with van der Waals surface area (Å²) in [5.74, 6) is 0. The Bertz CT molecular complexity index is 355. The summed E-state index contributed by atoms with van der Waals surface area (Å²) in [7, 11) is 0. The predicted molar refractivity (Wildman–Crippen MR) is 62.0 cm³/mol. The van der Waals surface area contributed by atoms with Gasteiger partial charge in [-0.15, -0.1) is 0 Å². The molecular formula is C12H20FN3. The standard InChI is InChI=1S/C12H20FN3/c1-3-9(2)16-5-4-11(15-16)8-12(13)6-10(14)7-12/h4-5,9-10H,3,6-8,14H2,1-2H3. The molecule has 0 amide bonds. The molecule has 1 saturated carbocycles. The number of nitrogens with zero attached hydrogens (tertiary/aromatic N) is 2. The van der Waals surface area contributed by atoms with Crippen LogP contribution in [0.3, 0.4) is 0 Å². The van der Waals surface area contributed by atoms with Crippen LogP contribution in [0.15, 0.2) is 12.3 Å². The van der Waals surface area contributed by atoms with Crippen LogP contribution in [0.5, 0.6) is 0 Å². The average Bonchev–Trinajstić information content (AvgIpc) is 2.62. The first-order chi connectivity index (χ1) is 7.52. The van der Waals surface area contributed by atoms with Crippen molar-refractivity contribution in [2.24, 2.45) is 5.73 Å². The number of hydrogen-bond acceptors (Lipinski definition) is 2. The van der Waals surface area contributed by atoms with Gasteiger partial charge in [0.1, 0.15) is 5.67 Å². The molecule has 1 aliphatic carbocycles. The summed E-state index contributed by atoms with van der Waals surface area (Å²) in [5.41, 5.74) is 5.36. The summed E-state index contributed by atoms with van der Waals surface area (Å²) in [6.07, 6.45) is 4.33. The molecule has 1 aliphatic rings. The van der Waals surface area contributed by atoms with E-state index in [1.165, 1.54) is 0 Å². The first-order valence-corrected chi connectivity index (χ1v) is 6.01. The highest BCUT2D eigenvalue weighted by Gasteiger charge is 2.43. The SMILES string of the molecule is CCC(C)n1ccc(CC2(F)CC(N)C2)n1. The van der Waals surface area contributed by atoms with Gasteiger partial charge in [0.25, 0.3) is 0 Å². The van der Waals surface area contributed by atoms with Gasteiger partial charge in [0, 0.05) is 24.7 Å². The zero-order valence-corrected chi connectivity index (χ0v) is 9.99. The highest BCUT2D eigenvalue weighted by molar-refractivity contribution is 5.09. The molecule has 90 valence electrons. The van der Waals surface area contributed by atoms with E-state index in [2.05, 4.69) is 18.9 Å². The van der Waals surface area contributed by atoms with Crippen LogP contribution >= 0.6 is 0 Å². The van der Waals surface area contributed by atoms with Gasteiger partial charge in [-0.2, -0.15) is 5.10 Å². The maximum absolute atomic E-state index is 14.0. The van der Waals surface area contributed by atoms with Crippen molar-refractivity contribution in [1.29, 1.82) is 0 Å². The molecule has 1 aromatic rings. The number of alkyl halides is 1. The first-order valence-electron chi connectivity index (χ1n) is 6.01. The molecule has 0 spiro atoms. The number of aromatic nitrogens is 2. The van der Waals surface area contributed by atoms with Crippen LogP contribution in [0, 0.1) is 0 Å². The largest absolute Gasteiger partial charge is 0.327 e. The van der Waals surface area contributed by atoms with Gasteiger partial charge in [-0.3, -0.25) is 4.68 Å². The fraction of sp³-hybridized carbons (Fsp3) is 0.750. The molecular weight excluding hydrogens is 205 g/mol. The van der Waals surface area contributed by atoms with Gasteiger partial charge >= 0.3 is 0 Å². The third kappa shape index (κ3) is 2.26. The van der Waals surface area contributed by atoms with Crippen LogP contribution in [0.4, 0.5) is 4.39 Å². The van der Waals surface area contributed by atoms with Gasteiger partial charge < -0.3 is 5.73 Å². The van der Waals surface area contributed by atoms with Crippen LogP contribution in [-0.2, 0) is 6.42 Å². The molecule has 2 rings (SSSR count). The van der Waals surface area contributed by atoms with E-state index in [1.54, 1.807) is 0 Å². The fourth-order valence-corrected chi connectivity index (χ4v) is 2.25. The van der Waals surface area contributed by atoms with Crippen molar-refractivity contribution in [2.45, 2.75) is 57.3 Å². The fourth-order valence-electron chi connectivity index (χ4n) is 2.25. The van der Waals surface area contributed by atoms with E-state index in [-0.39, 0.29) is 6.04 Å². The predicted octanol–water partition coefficient (Wildman–Crippen LogP) is 2.23. The number of rotatable bonds is 4. The molecule has 1 fully saturated rings. The van der Waals surface area contributed by atoms with E-state index in [4.69, 9.17) is 5.73 Å². The van der Waals surface area contributed by atoms with Crippen molar-refractivity contribution in [1.82, 2.24) is 9.78 Å². The molecule has 1 heterocycles. The maximum atomic E-state index is 14.0. The van der Waals surface area contributed by atoms with E-state index < -0.39 is 5.67 Å². The summed E-state index contributed by atoms with van der Waals surface area (Å²) in [6.45, 7) is 4.23. The Morgan fingerprint density at radius 2 is 2.38 bits per heavy atom. The molecule has 0 radical (unpaired) electrons. The van der Waals surface area contributed by atoms with Gasteiger partial charge in [-0.05, 0) is 32.3 Å². The molecule has 0 aliphatic heterocycles. The van der Waals surface area contributed by atoms with Gasteiger partial charge in [0.15, 0.2) is 0 Å². The smallest absolute Gasteiger partial charge is 0.119 e. The van der Waals surface area contributed by atoms with Gasteiger partial charge in [0.2, 0.25) is 0 Å². The molecule has 0 bridgehead atoms. The molecule has 4 heteroatoms. The van der Waals surface area contributed by atoms with Gasteiger partial charge in [0.05, 0.1) is 5.69 Å². The lowest BCUT2D eigenvalue weighted by molar-refractivity contribution is 0.0433. The third-order valence-corrected chi connectivity index (χ3v) is 3.46. The van der Waals surface area contributed by atoms with Crippen molar-refractivity contribution >= 4 is 0 Å². The van der Waals surface area contributed by atoms with E-state index in [1.807, 2.05) is 16.9 Å². The second-order valence-electron chi connectivity index (χ2n) is 5.04. The normalized spacial score (nSPS) is 31.1. The quantitative estimate of drug-likeness (QED) is 0.854. The lowest BCUT2D eigenvalue weighted by atomic mass is 9.75. The Balaban J connectivity index is 1.98. The molecule has 0 saturated heterocycles. The first kappa shape index (κ1) is 11.6. The Morgan fingerprint density at radius 3 is 2.94 bits per heavy atom. The topological polar surface area (TPSA) is 43.8 Å². The van der Waals surface area contributed by atoms with Crippen molar-refractivity contribution in [3.05, 3.63) is 18.0 Å². The molecule has 3 nitrogen and oxygen atoms in total. The Labute approximate surface area is 95.8 Å². The summed E-state index contributed by atoms with van der Waals surface area (Å²) in [5, 5.41) is 4.41. The Hall–Kier alpha value is -0.900. The van der Waals surface area contributed by atoms with Crippen LogP contribution in [0.25, 0.3) is 0 Å². The summed E-state index contributed by atoms with van der Waals surface area (Å²) in [6, 6.07) is 2.34. The van der Waals surface area contributed by atoms with Crippen LogP contribution < -0.4 is 5.73 Å². The number of nitrogens with two attached hydrogens (primary N) is 1. The van der Waals surface area contributed by atoms with E-state index in [0.29, 0.717) is 25.3 Å². The monoisotopic (exact) mass is 225 g/mol. The van der Waals surface area contributed by atoms with E-state index in [9.17, 15) is 4.39 Å². The summed E-state index contributed by atoms with van der Waals surface area (Å²) in [4.78, 5) is 0. The maximum Gasteiger partial charge on any atom is 0.119 e. The van der Waals surface area contributed by atoms with Crippen LogP contribution in [0.2, 0.25) is 0 Å². The third-order valence-electron chi connectivity index (χ3n) is 3.46. The Morgan fingerprint density at radius 1 is 1.69 bits per heavy atom. The minimum Gasteiger partial charge on any atom is -0.327 e. The second-order valence-corrected chi connectivity index (χ2v) is 5.04. The molecule has 1 aromatic heterocycles. The van der Waals surface area contributed by atoms with E-state index in [0.717, 1.165) is 12.1 Å². The zero-order valence-electron chi connectivity index (χ0n) is 9.99. The van der Waals surface area contributed by atoms with Gasteiger partial charge in [-0.1, -0.05) is 6.92 Å². The Kier molecular flexibility index (Phi) is 3.02. The minimum atomic E-state index is -1.10. The second kappa shape index (κ2) is 4.17. The van der Waals surface area contributed by atoms with Crippen molar-refractivity contribution in [3.63, 3.8) is 0 Å². The van der Waals surface area contributed by atoms with Crippen LogP contribution in [-0.4, -0.2) is 21.5 Å². The highest BCUT2D eigenvalue weighted by Crippen LogP contribution is 2.37.